The monoisotopic (exact) mass is 360 g/mol. The number of aromatic nitrogens is 4. The lowest BCUT2D eigenvalue weighted by molar-refractivity contribution is 0.0996. The van der Waals surface area contributed by atoms with Crippen LogP contribution in [-0.2, 0) is 6.54 Å². The fraction of sp³-hybridized carbons (Fsp3) is 0.300. The number of fused-ring (bicyclic) bond motifs is 1. The van der Waals surface area contributed by atoms with E-state index in [9.17, 15) is 4.79 Å². The molecule has 0 N–H and O–H groups in total. The van der Waals surface area contributed by atoms with Gasteiger partial charge in [0.2, 0.25) is 0 Å². The van der Waals surface area contributed by atoms with Crippen molar-refractivity contribution in [2.75, 3.05) is 22.9 Å². The van der Waals surface area contributed by atoms with E-state index in [4.69, 9.17) is 0 Å². The minimum Gasteiger partial charge on any atom is -0.357 e. The van der Waals surface area contributed by atoms with E-state index in [2.05, 4.69) is 20.0 Å². The number of anilines is 2. The molecule has 0 radical (unpaired) electrons. The highest BCUT2D eigenvalue weighted by Crippen LogP contribution is 2.28. The fourth-order valence-electron chi connectivity index (χ4n) is 3.75. The number of rotatable bonds is 3. The van der Waals surface area contributed by atoms with Crippen LogP contribution < -0.4 is 9.80 Å². The molecule has 0 spiro atoms. The molecule has 1 fully saturated rings. The van der Waals surface area contributed by atoms with Crippen LogP contribution in [0.3, 0.4) is 0 Å². The molecule has 2 aliphatic rings. The Morgan fingerprint density at radius 1 is 0.963 bits per heavy atom. The molecular formula is C20H20N6O. The van der Waals surface area contributed by atoms with Crippen molar-refractivity contribution in [3.8, 4) is 5.69 Å². The van der Waals surface area contributed by atoms with Crippen molar-refractivity contribution in [2.24, 2.45) is 0 Å². The van der Waals surface area contributed by atoms with Crippen LogP contribution in [0.4, 0.5) is 11.5 Å². The standard InChI is InChI=1S/C20H20N6O/c27-20-17-13-26(23-18(17)14-25(20)15-5-4-8-21-11-15)16-6-7-19(22-12-16)24-9-2-1-3-10-24/h4-8,11-13H,1-3,9-10,14H2. The number of piperidine rings is 1. The van der Waals surface area contributed by atoms with Crippen molar-refractivity contribution in [2.45, 2.75) is 25.8 Å². The Bertz CT molecular complexity index is 960. The molecule has 2 aliphatic heterocycles. The number of carbonyl (C=O) groups excluding carboxylic acids is 1. The number of carbonyl (C=O) groups is 1. The zero-order valence-corrected chi connectivity index (χ0v) is 15.0. The summed E-state index contributed by atoms with van der Waals surface area (Å²) in [4.78, 5) is 25.4. The van der Waals surface area contributed by atoms with Gasteiger partial charge < -0.3 is 9.80 Å². The number of hydrogen-bond donors (Lipinski definition) is 0. The Balaban J connectivity index is 1.37. The average Bonchev–Trinajstić information content (AvgIpc) is 3.29. The predicted molar refractivity (Wildman–Crippen MR) is 102 cm³/mol. The third-order valence-electron chi connectivity index (χ3n) is 5.21. The van der Waals surface area contributed by atoms with E-state index >= 15 is 0 Å². The molecule has 5 heterocycles. The maximum Gasteiger partial charge on any atom is 0.262 e. The molecule has 136 valence electrons. The second-order valence-corrected chi connectivity index (χ2v) is 6.96. The van der Waals surface area contributed by atoms with Crippen LogP contribution in [0.2, 0.25) is 0 Å². The van der Waals surface area contributed by atoms with Gasteiger partial charge in [-0.25, -0.2) is 9.67 Å². The summed E-state index contributed by atoms with van der Waals surface area (Å²) in [5, 5.41) is 4.61. The van der Waals surface area contributed by atoms with Gasteiger partial charge in [0.05, 0.1) is 41.6 Å². The Kier molecular flexibility index (Phi) is 3.85. The van der Waals surface area contributed by atoms with Gasteiger partial charge >= 0.3 is 0 Å². The van der Waals surface area contributed by atoms with Crippen molar-refractivity contribution < 1.29 is 4.79 Å². The zero-order chi connectivity index (χ0) is 18.2. The summed E-state index contributed by atoms with van der Waals surface area (Å²) < 4.78 is 1.75. The summed E-state index contributed by atoms with van der Waals surface area (Å²) in [6, 6.07) is 7.77. The summed E-state index contributed by atoms with van der Waals surface area (Å²) in [7, 11) is 0. The van der Waals surface area contributed by atoms with Gasteiger partial charge in [-0.05, 0) is 43.5 Å². The average molecular weight is 360 g/mol. The first kappa shape index (κ1) is 16.0. The van der Waals surface area contributed by atoms with Crippen molar-refractivity contribution in [3.63, 3.8) is 0 Å². The first-order valence-corrected chi connectivity index (χ1v) is 9.31. The first-order chi connectivity index (χ1) is 13.3. The van der Waals surface area contributed by atoms with Crippen LogP contribution in [0.15, 0.2) is 49.1 Å². The molecule has 7 nitrogen and oxygen atoms in total. The van der Waals surface area contributed by atoms with Crippen LogP contribution in [0.1, 0.15) is 35.3 Å². The lowest BCUT2D eigenvalue weighted by atomic mass is 10.1. The molecule has 27 heavy (non-hydrogen) atoms. The first-order valence-electron chi connectivity index (χ1n) is 9.31. The molecule has 3 aromatic rings. The molecule has 7 heteroatoms. The number of nitrogens with zero attached hydrogens (tertiary/aromatic N) is 6. The molecule has 0 aromatic carbocycles. The van der Waals surface area contributed by atoms with Crippen LogP contribution in [-0.4, -0.2) is 38.7 Å². The van der Waals surface area contributed by atoms with Gasteiger partial charge in [-0.15, -0.1) is 0 Å². The topological polar surface area (TPSA) is 67.2 Å². The Hall–Kier alpha value is -3.22. The maximum absolute atomic E-state index is 12.7. The second-order valence-electron chi connectivity index (χ2n) is 6.96. The summed E-state index contributed by atoms with van der Waals surface area (Å²) in [5.41, 5.74) is 3.08. The van der Waals surface area contributed by atoms with Crippen molar-refractivity contribution >= 4 is 17.4 Å². The van der Waals surface area contributed by atoms with E-state index in [1.54, 1.807) is 28.2 Å². The summed E-state index contributed by atoms with van der Waals surface area (Å²) in [6.45, 7) is 2.61. The van der Waals surface area contributed by atoms with Gasteiger partial charge in [0, 0.05) is 25.5 Å². The molecule has 1 amide bonds. The quantitative estimate of drug-likeness (QED) is 0.718. The van der Waals surface area contributed by atoms with E-state index in [0.29, 0.717) is 12.1 Å². The van der Waals surface area contributed by atoms with Gasteiger partial charge in [-0.1, -0.05) is 0 Å². The van der Waals surface area contributed by atoms with E-state index in [1.807, 2.05) is 30.5 Å². The van der Waals surface area contributed by atoms with E-state index in [0.717, 1.165) is 36.0 Å². The van der Waals surface area contributed by atoms with Gasteiger partial charge in [0.15, 0.2) is 0 Å². The Morgan fingerprint density at radius 3 is 2.56 bits per heavy atom. The second kappa shape index (κ2) is 6.50. The molecule has 0 atom stereocenters. The Labute approximate surface area is 157 Å². The van der Waals surface area contributed by atoms with E-state index in [-0.39, 0.29) is 5.91 Å². The van der Waals surface area contributed by atoms with E-state index < -0.39 is 0 Å². The van der Waals surface area contributed by atoms with Crippen LogP contribution in [0.5, 0.6) is 0 Å². The zero-order valence-electron chi connectivity index (χ0n) is 15.0. The van der Waals surface area contributed by atoms with Crippen LogP contribution >= 0.6 is 0 Å². The van der Waals surface area contributed by atoms with Crippen molar-refractivity contribution in [3.05, 3.63) is 60.3 Å². The highest BCUT2D eigenvalue weighted by Gasteiger charge is 2.32. The molecule has 3 aromatic heterocycles. The molecule has 0 saturated carbocycles. The molecule has 0 bridgehead atoms. The van der Waals surface area contributed by atoms with Crippen molar-refractivity contribution in [1.82, 2.24) is 19.7 Å². The fourth-order valence-corrected chi connectivity index (χ4v) is 3.75. The molecule has 0 unspecified atom stereocenters. The highest BCUT2D eigenvalue weighted by molar-refractivity contribution is 6.09. The van der Waals surface area contributed by atoms with Crippen molar-refractivity contribution in [1.29, 1.82) is 0 Å². The third-order valence-corrected chi connectivity index (χ3v) is 5.21. The summed E-state index contributed by atoms with van der Waals surface area (Å²) in [5.74, 6) is 0.971. The largest absolute Gasteiger partial charge is 0.357 e. The lowest BCUT2D eigenvalue weighted by Crippen LogP contribution is -2.30. The van der Waals surface area contributed by atoms with Gasteiger partial charge in [-0.3, -0.25) is 9.78 Å². The third kappa shape index (κ3) is 2.85. The molecular weight excluding hydrogens is 340 g/mol. The SMILES string of the molecule is O=C1c2cn(-c3ccc(N4CCCCC4)nc3)nc2CN1c1cccnc1. The lowest BCUT2D eigenvalue weighted by Gasteiger charge is -2.27. The summed E-state index contributed by atoms with van der Waals surface area (Å²) >= 11 is 0. The van der Waals surface area contributed by atoms with Gasteiger partial charge in [0.25, 0.3) is 5.91 Å². The normalized spacial score (nSPS) is 16.7. The van der Waals surface area contributed by atoms with Gasteiger partial charge in [-0.2, -0.15) is 5.10 Å². The van der Waals surface area contributed by atoms with Gasteiger partial charge in [0.1, 0.15) is 5.82 Å². The highest BCUT2D eigenvalue weighted by atomic mass is 16.2. The number of pyridine rings is 2. The summed E-state index contributed by atoms with van der Waals surface area (Å²) in [6.07, 6.45) is 10.8. The minimum atomic E-state index is -0.0397. The molecule has 5 rings (SSSR count). The smallest absolute Gasteiger partial charge is 0.262 e. The number of amides is 1. The minimum absolute atomic E-state index is 0.0397. The van der Waals surface area contributed by atoms with E-state index in [1.165, 1.54) is 19.3 Å². The van der Waals surface area contributed by atoms with Crippen LogP contribution in [0.25, 0.3) is 5.69 Å². The van der Waals surface area contributed by atoms with Crippen LogP contribution in [0, 0.1) is 0 Å². The predicted octanol–water partition coefficient (Wildman–Crippen LogP) is 2.81. The number of hydrogen-bond acceptors (Lipinski definition) is 5. The Morgan fingerprint density at radius 2 is 1.85 bits per heavy atom. The molecule has 1 saturated heterocycles. The molecule has 0 aliphatic carbocycles. The maximum atomic E-state index is 12.7.